The molecule has 1 unspecified atom stereocenters. The summed E-state index contributed by atoms with van der Waals surface area (Å²) in [5, 5.41) is 3.89. The van der Waals surface area contributed by atoms with Gasteiger partial charge in [-0.15, -0.1) is 6.42 Å². The Hall–Kier alpha value is -1.21. The molecular weight excluding hydrogens is 250 g/mol. The van der Waals surface area contributed by atoms with Crippen LogP contribution in [0.4, 0.5) is 0 Å². The number of halogens is 1. The van der Waals surface area contributed by atoms with Crippen molar-refractivity contribution in [2.24, 2.45) is 0 Å². The number of rotatable bonds is 4. The van der Waals surface area contributed by atoms with Crippen molar-refractivity contribution in [1.29, 1.82) is 0 Å². The highest BCUT2D eigenvalue weighted by atomic mass is 35.5. The lowest BCUT2D eigenvalue weighted by Crippen LogP contribution is -2.39. The van der Waals surface area contributed by atoms with Gasteiger partial charge in [0, 0.05) is 13.1 Å². The van der Waals surface area contributed by atoms with E-state index in [2.05, 4.69) is 11.2 Å². The molecule has 0 saturated carbocycles. The molecule has 2 rings (SSSR count). The molecule has 1 heterocycles. The number of morpholine rings is 1. The fourth-order valence-corrected chi connectivity index (χ4v) is 2.18. The zero-order chi connectivity index (χ0) is 12.8. The number of terminal acetylenes is 1. The van der Waals surface area contributed by atoms with Crippen LogP contribution in [0.1, 0.15) is 5.56 Å². The van der Waals surface area contributed by atoms with E-state index in [1.54, 1.807) is 0 Å². The van der Waals surface area contributed by atoms with Gasteiger partial charge in [-0.25, -0.2) is 0 Å². The summed E-state index contributed by atoms with van der Waals surface area (Å²) in [6, 6.07) is 5.76. The minimum Gasteiger partial charge on any atom is -0.479 e. The molecule has 1 N–H and O–H groups in total. The van der Waals surface area contributed by atoms with E-state index in [4.69, 9.17) is 27.5 Å². The summed E-state index contributed by atoms with van der Waals surface area (Å²) in [5.74, 6) is 3.04. The Morgan fingerprint density at radius 1 is 1.56 bits per heavy atom. The van der Waals surface area contributed by atoms with Crippen LogP contribution < -0.4 is 10.1 Å². The zero-order valence-electron chi connectivity index (χ0n) is 10.1. The van der Waals surface area contributed by atoms with Crippen LogP contribution in [-0.2, 0) is 11.2 Å². The van der Waals surface area contributed by atoms with Gasteiger partial charge in [-0.05, 0) is 24.1 Å². The Morgan fingerprint density at radius 2 is 2.44 bits per heavy atom. The minimum atomic E-state index is 0.215. The van der Waals surface area contributed by atoms with E-state index in [1.165, 1.54) is 0 Å². The van der Waals surface area contributed by atoms with Crippen LogP contribution in [0.15, 0.2) is 18.2 Å². The second kappa shape index (κ2) is 6.65. The minimum absolute atomic E-state index is 0.215. The first-order valence-electron chi connectivity index (χ1n) is 5.96. The van der Waals surface area contributed by atoms with Crippen LogP contribution in [0.5, 0.6) is 5.75 Å². The first-order chi connectivity index (χ1) is 8.79. The van der Waals surface area contributed by atoms with Gasteiger partial charge in [-0.1, -0.05) is 23.6 Å². The maximum absolute atomic E-state index is 6.13. The van der Waals surface area contributed by atoms with Crippen LogP contribution in [0.2, 0.25) is 5.02 Å². The first kappa shape index (κ1) is 13.2. The Kier molecular flexibility index (Phi) is 4.89. The Labute approximate surface area is 112 Å². The molecule has 1 atom stereocenters. The molecule has 1 aliphatic rings. The molecule has 4 heteroatoms. The third kappa shape index (κ3) is 3.64. The molecule has 0 aliphatic carbocycles. The lowest BCUT2D eigenvalue weighted by atomic mass is 10.1. The molecule has 1 fully saturated rings. The molecular formula is C14H16ClNO2. The number of benzene rings is 1. The van der Waals surface area contributed by atoms with Crippen molar-refractivity contribution < 1.29 is 9.47 Å². The predicted octanol–water partition coefficient (Wildman–Crippen LogP) is 1.88. The zero-order valence-corrected chi connectivity index (χ0v) is 10.9. The molecule has 0 amide bonds. The number of ether oxygens (including phenoxy) is 2. The number of hydrogen-bond acceptors (Lipinski definition) is 3. The van der Waals surface area contributed by atoms with Gasteiger partial charge in [-0.3, -0.25) is 0 Å². The highest BCUT2D eigenvalue weighted by Gasteiger charge is 2.14. The third-order valence-electron chi connectivity index (χ3n) is 2.78. The molecule has 96 valence electrons. The Balaban J connectivity index is 1.97. The summed E-state index contributed by atoms with van der Waals surface area (Å²) in [6.07, 6.45) is 6.20. The molecule has 1 saturated heterocycles. The summed E-state index contributed by atoms with van der Waals surface area (Å²) in [7, 11) is 0. The molecule has 3 nitrogen and oxygen atoms in total. The van der Waals surface area contributed by atoms with Gasteiger partial charge in [0.1, 0.15) is 12.4 Å². The van der Waals surface area contributed by atoms with Gasteiger partial charge in [0.2, 0.25) is 0 Å². The van der Waals surface area contributed by atoms with Crippen molar-refractivity contribution in [3.63, 3.8) is 0 Å². The average molecular weight is 266 g/mol. The SMILES string of the molecule is C#CCOc1ccc(CC2CNCCO2)cc1Cl. The second-order valence-corrected chi connectivity index (χ2v) is 4.57. The Morgan fingerprint density at radius 3 is 3.11 bits per heavy atom. The second-order valence-electron chi connectivity index (χ2n) is 4.16. The molecule has 1 aromatic rings. The monoisotopic (exact) mass is 265 g/mol. The number of nitrogens with one attached hydrogen (secondary N) is 1. The standard InChI is InChI=1S/C14H16ClNO2/c1-2-6-18-14-4-3-11(9-13(14)15)8-12-10-16-5-7-17-12/h1,3-4,9,12,16H,5-8,10H2. The summed E-state index contributed by atoms with van der Waals surface area (Å²) in [5.41, 5.74) is 1.14. The quantitative estimate of drug-likeness (QED) is 0.844. The van der Waals surface area contributed by atoms with E-state index >= 15 is 0 Å². The van der Waals surface area contributed by atoms with Crippen molar-refractivity contribution in [1.82, 2.24) is 5.32 Å². The van der Waals surface area contributed by atoms with E-state index < -0.39 is 0 Å². The summed E-state index contributed by atoms with van der Waals surface area (Å²) < 4.78 is 11.0. The summed E-state index contributed by atoms with van der Waals surface area (Å²) in [6.45, 7) is 2.81. The van der Waals surface area contributed by atoms with Gasteiger partial charge in [0.15, 0.2) is 0 Å². The van der Waals surface area contributed by atoms with Crippen molar-refractivity contribution >= 4 is 11.6 Å². The van der Waals surface area contributed by atoms with Crippen LogP contribution in [0.25, 0.3) is 0 Å². The lowest BCUT2D eigenvalue weighted by Gasteiger charge is -2.23. The molecule has 0 aromatic heterocycles. The van der Waals surface area contributed by atoms with Crippen LogP contribution >= 0.6 is 11.6 Å². The third-order valence-corrected chi connectivity index (χ3v) is 3.07. The maximum Gasteiger partial charge on any atom is 0.148 e. The van der Waals surface area contributed by atoms with Gasteiger partial charge >= 0.3 is 0 Å². The van der Waals surface area contributed by atoms with Gasteiger partial charge in [-0.2, -0.15) is 0 Å². The maximum atomic E-state index is 6.13. The number of hydrogen-bond donors (Lipinski definition) is 1. The predicted molar refractivity (Wildman–Crippen MR) is 72.1 cm³/mol. The van der Waals surface area contributed by atoms with Crippen molar-refractivity contribution in [3.05, 3.63) is 28.8 Å². The fourth-order valence-electron chi connectivity index (χ4n) is 1.92. The first-order valence-corrected chi connectivity index (χ1v) is 6.34. The smallest absolute Gasteiger partial charge is 0.148 e. The molecule has 0 bridgehead atoms. The van der Waals surface area contributed by atoms with Crippen LogP contribution in [0.3, 0.4) is 0 Å². The fraction of sp³-hybridized carbons (Fsp3) is 0.429. The topological polar surface area (TPSA) is 30.5 Å². The lowest BCUT2D eigenvalue weighted by molar-refractivity contribution is 0.0292. The molecule has 0 radical (unpaired) electrons. The summed E-state index contributed by atoms with van der Waals surface area (Å²) in [4.78, 5) is 0. The average Bonchev–Trinajstić information content (AvgIpc) is 2.39. The highest BCUT2D eigenvalue weighted by Crippen LogP contribution is 2.26. The van der Waals surface area contributed by atoms with E-state index in [9.17, 15) is 0 Å². The Bertz CT molecular complexity index is 436. The van der Waals surface area contributed by atoms with Crippen molar-refractivity contribution in [2.45, 2.75) is 12.5 Å². The van der Waals surface area contributed by atoms with E-state index in [-0.39, 0.29) is 12.7 Å². The molecule has 1 aliphatic heterocycles. The van der Waals surface area contributed by atoms with Gasteiger partial charge in [0.05, 0.1) is 17.7 Å². The normalized spacial score (nSPS) is 19.2. The molecule has 18 heavy (non-hydrogen) atoms. The summed E-state index contributed by atoms with van der Waals surface area (Å²) >= 11 is 6.13. The largest absolute Gasteiger partial charge is 0.479 e. The van der Waals surface area contributed by atoms with E-state index in [0.29, 0.717) is 10.8 Å². The molecule has 0 spiro atoms. The van der Waals surface area contributed by atoms with Gasteiger partial charge in [0.25, 0.3) is 0 Å². The van der Waals surface area contributed by atoms with Crippen molar-refractivity contribution in [3.8, 4) is 18.1 Å². The van der Waals surface area contributed by atoms with E-state index in [1.807, 2.05) is 18.2 Å². The van der Waals surface area contributed by atoms with Crippen LogP contribution in [-0.4, -0.2) is 32.4 Å². The van der Waals surface area contributed by atoms with Crippen molar-refractivity contribution in [2.75, 3.05) is 26.3 Å². The molecule has 1 aromatic carbocycles. The highest BCUT2D eigenvalue weighted by molar-refractivity contribution is 6.32. The van der Waals surface area contributed by atoms with Gasteiger partial charge < -0.3 is 14.8 Å². The van der Waals surface area contributed by atoms with Crippen LogP contribution in [0, 0.1) is 12.3 Å². The van der Waals surface area contributed by atoms with E-state index in [0.717, 1.165) is 31.7 Å².